The van der Waals surface area contributed by atoms with Crippen LogP contribution in [0.5, 0.6) is 0 Å². The zero-order chi connectivity index (χ0) is 14.3. The number of nitrogens with one attached hydrogen (secondary N) is 2. The Morgan fingerprint density at radius 3 is 2.79 bits per heavy atom. The van der Waals surface area contributed by atoms with Gasteiger partial charge in [-0.1, -0.05) is 20.8 Å². The first-order chi connectivity index (χ1) is 8.93. The second kappa shape index (κ2) is 7.57. The smallest absolute Gasteiger partial charge is 0.234 e. The van der Waals surface area contributed by atoms with Gasteiger partial charge < -0.3 is 15.4 Å². The molecule has 5 nitrogen and oxygen atoms in total. The van der Waals surface area contributed by atoms with Gasteiger partial charge in [-0.15, -0.1) is 11.3 Å². The van der Waals surface area contributed by atoms with E-state index in [1.54, 1.807) is 18.4 Å². The van der Waals surface area contributed by atoms with Crippen molar-refractivity contribution in [2.75, 3.05) is 26.8 Å². The number of hydrogen-bond donors (Lipinski definition) is 2. The maximum atomic E-state index is 11.4. The van der Waals surface area contributed by atoms with E-state index in [9.17, 15) is 4.79 Å². The maximum Gasteiger partial charge on any atom is 0.234 e. The average molecular weight is 285 g/mol. The van der Waals surface area contributed by atoms with Gasteiger partial charge in [0.25, 0.3) is 0 Å². The fourth-order valence-corrected chi connectivity index (χ4v) is 2.30. The van der Waals surface area contributed by atoms with Crippen molar-refractivity contribution in [3.63, 3.8) is 0 Å². The zero-order valence-corrected chi connectivity index (χ0v) is 12.9. The molecule has 19 heavy (non-hydrogen) atoms. The highest BCUT2D eigenvalue weighted by atomic mass is 32.1. The summed E-state index contributed by atoms with van der Waals surface area (Å²) in [5, 5.41) is 9.00. The van der Waals surface area contributed by atoms with Gasteiger partial charge in [0, 0.05) is 31.0 Å². The van der Waals surface area contributed by atoms with E-state index in [0.29, 0.717) is 26.2 Å². The molecule has 6 heteroatoms. The number of amides is 1. The lowest BCUT2D eigenvalue weighted by Gasteiger charge is -2.13. The van der Waals surface area contributed by atoms with Gasteiger partial charge in [-0.25, -0.2) is 4.98 Å². The number of rotatable bonds is 7. The lowest BCUT2D eigenvalue weighted by Crippen LogP contribution is -2.35. The lowest BCUT2D eigenvalue weighted by molar-refractivity contribution is -0.120. The molecule has 0 aliphatic rings. The van der Waals surface area contributed by atoms with Crippen molar-refractivity contribution >= 4 is 17.2 Å². The molecule has 0 aliphatic carbocycles. The Kier molecular flexibility index (Phi) is 6.41. The Morgan fingerprint density at radius 2 is 2.21 bits per heavy atom. The van der Waals surface area contributed by atoms with Crippen LogP contribution >= 0.6 is 11.3 Å². The minimum atomic E-state index is -0.0247. The van der Waals surface area contributed by atoms with Crippen molar-refractivity contribution in [2.24, 2.45) is 0 Å². The molecule has 1 aromatic rings. The highest BCUT2D eigenvalue weighted by molar-refractivity contribution is 7.09. The molecule has 0 aliphatic heterocycles. The molecule has 0 bridgehead atoms. The second-order valence-corrected chi connectivity index (χ2v) is 6.20. The lowest BCUT2D eigenvalue weighted by atomic mass is 9.98. The third-order valence-corrected chi connectivity index (χ3v) is 3.73. The number of thiazole rings is 1. The van der Waals surface area contributed by atoms with Crippen LogP contribution in [0.2, 0.25) is 0 Å². The number of carbonyl (C=O) groups excluding carboxylic acids is 1. The minimum Gasteiger partial charge on any atom is -0.383 e. The molecule has 0 radical (unpaired) electrons. The van der Waals surface area contributed by atoms with Crippen LogP contribution in [-0.2, 0) is 21.5 Å². The van der Waals surface area contributed by atoms with Crippen molar-refractivity contribution in [3.05, 3.63) is 16.1 Å². The van der Waals surface area contributed by atoms with Crippen molar-refractivity contribution in [3.8, 4) is 0 Å². The van der Waals surface area contributed by atoms with Crippen LogP contribution in [0.4, 0.5) is 0 Å². The predicted molar refractivity (Wildman–Crippen MR) is 77.4 cm³/mol. The summed E-state index contributed by atoms with van der Waals surface area (Å²) in [6.45, 7) is 8.43. The Morgan fingerprint density at radius 1 is 1.47 bits per heavy atom. The number of aromatic nitrogens is 1. The third-order valence-electron chi connectivity index (χ3n) is 2.41. The maximum absolute atomic E-state index is 11.4. The Balaban J connectivity index is 2.26. The molecule has 0 saturated carbocycles. The molecular formula is C13H23N3O2S. The third kappa shape index (κ3) is 6.13. The van der Waals surface area contributed by atoms with Gasteiger partial charge in [0.05, 0.1) is 23.9 Å². The molecule has 1 amide bonds. The molecule has 0 aromatic carbocycles. The number of methoxy groups -OCH3 is 1. The number of hydrogen-bond acceptors (Lipinski definition) is 5. The number of carbonyl (C=O) groups is 1. The molecule has 0 atom stereocenters. The summed E-state index contributed by atoms with van der Waals surface area (Å²) >= 11 is 1.66. The van der Waals surface area contributed by atoms with Crippen LogP contribution in [0.3, 0.4) is 0 Å². The van der Waals surface area contributed by atoms with E-state index in [1.807, 2.05) is 5.38 Å². The summed E-state index contributed by atoms with van der Waals surface area (Å²) in [6.07, 6.45) is 0. The van der Waals surface area contributed by atoms with E-state index < -0.39 is 0 Å². The minimum absolute atomic E-state index is 0.0247. The van der Waals surface area contributed by atoms with Crippen LogP contribution < -0.4 is 10.6 Å². The molecule has 0 spiro atoms. The fraction of sp³-hybridized carbons (Fsp3) is 0.692. The molecule has 0 fully saturated rings. The number of ether oxygens (including phenoxy) is 1. The summed E-state index contributed by atoms with van der Waals surface area (Å²) < 4.78 is 4.86. The van der Waals surface area contributed by atoms with E-state index >= 15 is 0 Å². The van der Waals surface area contributed by atoms with Crippen molar-refractivity contribution in [1.82, 2.24) is 15.6 Å². The molecule has 1 aromatic heterocycles. The standard InChI is InChI=1S/C13H23N3O2S/c1-13(2,3)12-16-10(9-19-12)7-14-8-11(17)15-5-6-18-4/h9,14H,5-8H2,1-4H3,(H,15,17). The summed E-state index contributed by atoms with van der Waals surface area (Å²) in [5.41, 5.74) is 1.07. The first-order valence-corrected chi connectivity index (χ1v) is 7.22. The summed E-state index contributed by atoms with van der Waals surface area (Å²) in [7, 11) is 1.61. The highest BCUT2D eigenvalue weighted by Gasteiger charge is 2.17. The highest BCUT2D eigenvalue weighted by Crippen LogP contribution is 2.25. The second-order valence-electron chi connectivity index (χ2n) is 5.34. The SMILES string of the molecule is COCCNC(=O)CNCc1csc(C(C)(C)C)n1. The van der Waals surface area contributed by atoms with Gasteiger partial charge in [-0.2, -0.15) is 0 Å². The Labute approximate surface area is 118 Å². The van der Waals surface area contributed by atoms with Crippen molar-refractivity contribution in [2.45, 2.75) is 32.7 Å². The number of nitrogens with zero attached hydrogens (tertiary/aromatic N) is 1. The van der Waals surface area contributed by atoms with Gasteiger partial charge in [-0.05, 0) is 0 Å². The average Bonchev–Trinajstić information content (AvgIpc) is 2.78. The van der Waals surface area contributed by atoms with Gasteiger partial charge in [0.2, 0.25) is 5.91 Å². The van der Waals surface area contributed by atoms with E-state index in [2.05, 4.69) is 36.4 Å². The Bertz CT molecular complexity index is 399. The predicted octanol–water partition coefficient (Wildman–Crippen LogP) is 1.29. The van der Waals surface area contributed by atoms with Gasteiger partial charge in [-0.3, -0.25) is 4.79 Å². The van der Waals surface area contributed by atoms with Gasteiger partial charge in [0.1, 0.15) is 0 Å². The molecule has 0 saturated heterocycles. The molecular weight excluding hydrogens is 262 g/mol. The Hall–Kier alpha value is -0.980. The van der Waals surface area contributed by atoms with Crippen LogP contribution in [-0.4, -0.2) is 37.7 Å². The molecule has 2 N–H and O–H groups in total. The van der Waals surface area contributed by atoms with Crippen LogP contribution in [0.15, 0.2) is 5.38 Å². The largest absolute Gasteiger partial charge is 0.383 e. The van der Waals surface area contributed by atoms with Crippen LogP contribution in [0.25, 0.3) is 0 Å². The first kappa shape index (κ1) is 16.1. The van der Waals surface area contributed by atoms with Crippen LogP contribution in [0, 0.1) is 0 Å². The van der Waals surface area contributed by atoms with E-state index in [-0.39, 0.29) is 11.3 Å². The van der Waals surface area contributed by atoms with Gasteiger partial charge in [0.15, 0.2) is 0 Å². The fourth-order valence-electron chi connectivity index (χ4n) is 1.39. The molecule has 1 rings (SSSR count). The molecule has 1 heterocycles. The zero-order valence-electron chi connectivity index (χ0n) is 12.1. The van der Waals surface area contributed by atoms with E-state index in [0.717, 1.165) is 10.7 Å². The summed E-state index contributed by atoms with van der Waals surface area (Å²) in [4.78, 5) is 16.0. The van der Waals surface area contributed by atoms with E-state index in [1.165, 1.54) is 0 Å². The van der Waals surface area contributed by atoms with E-state index in [4.69, 9.17) is 4.74 Å². The van der Waals surface area contributed by atoms with Crippen molar-refractivity contribution in [1.29, 1.82) is 0 Å². The quantitative estimate of drug-likeness (QED) is 0.741. The normalized spacial score (nSPS) is 11.6. The summed E-state index contributed by atoms with van der Waals surface area (Å²) in [5.74, 6) is -0.0247. The van der Waals surface area contributed by atoms with Crippen molar-refractivity contribution < 1.29 is 9.53 Å². The topological polar surface area (TPSA) is 63.2 Å². The van der Waals surface area contributed by atoms with Crippen LogP contribution in [0.1, 0.15) is 31.5 Å². The summed E-state index contributed by atoms with van der Waals surface area (Å²) in [6, 6.07) is 0. The van der Waals surface area contributed by atoms with Gasteiger partial charge >= 0.3 is 0 Å². The molecule has 0 unspecified atom stereocenters. The monoisotopic (exact) mass is 285 g/mol. The molecule has 108 valence electrons. The first-order valence-electron chi connectivity index (χ1n) is 6.34.